The smallest absolute Gasteiger partial charge is 0.0215 e. The van der Waals surface area contributed by atoms with Crippen LogP contribution in [-0.2, 0) is 5.41 Å². The lowest BCUT2D eigenvalue weighted by molar-refractivity contribution is 0.418. The predicted octanol–water partition coefficient (Wildman–Crippen LogP) is 12.0. The molecule has 1 atom stereocenters. The zero-order valence-corrected chi connectivity index (χ0v) is 25.3. The molecule has 7 aromatic carbocycles. The maximum Gasteiger partial charge on any atom is 0.0215 e. The quantitative estimate of drug-likeness (QED) is 0.154. The lowest BCUT2D eigenvalue weighted by atomic mass is 9.65. The van der Waals surface area contributed by atoms with Crippen molar-refractivity contribution in [1.82, 2.24) is 0 Å². The van der Waals surface area contributed by atoms with Crippen LogP contribution in [0.3, 0.4) is 0 Å². The van der Waals surface area contributed by atoms with Crippen molar-refractivity contribution in [3.8, 4) is 0 Å². The van der Waals surface area contributed by atoms with E-state index in [1.165, 1.54) is 54.6 Å². The maximum absolute atomic E-state index is 4.45. The second kappa shape index (κ2) is 12.5. The first-order chi connectivity index (χ1) is 21.8. The van der Waals surface area contributed by atoms with Crippen molar-refractivity contribution in [2.24, 2.45) is 0 Å². The summed E-state index contributed by atoms with van der Waals surface area (Å²) in [6.07, 6.45) is 5.09. The van der Waals surface area contributed by atoms with Gasteiger partial charge in [-0.3, -0.25) is 0 Å². The van der Waals surface area contributed by atoms with E-state index in [0.717, 1.165) is 32.1 Å². The van der Waals surface area contributed by atoms with Crippen LogP contribution in [0.5, 0.6) is 0 Å². The van der Waals surface area contributed by atoms with Gasteiger partial charge in [0.15, 0.2) is 0 Å². The molecule has 0 nitrogen and oxygen atoms in total. The summed E-state index contributed by atoms with van der Waals surface area (Å²) in [7, 11) is 0. The highest BCUT2D eigenvalue weighted by atomic mass is 14.4. The largest absolute Gasteiger partial charge is 0.0622 e. The van der Waals surface area contributed by atoms with E-state index < -0.39 is 0 Å². The summed E-state index contributed by atoms with van der Waals surface area (Å²) < 4.78 is 0. The average molecular weight is 568 g/mol. The average Bonchev–Trinajstić information content (AvgIpc) is 3.09. The van der Waals surface area contributed by atoms with Gasteiger partial charge in [-0.25, -0.2) is 0 Å². The molecule has 0 saturated heterocycles. The van der Waals surface area contributed by atoms with Crippen molar-refractivity contribution in [2.45, 2.75) is 43.4 Å². The monoisotopic (exact) mass is 567 g/mol. The van der Waals surface area contributed by atoms with Crippen LogP contribution in [-0.4, -0.2) is 0 Å². The van der Waals surface area contributed by atoms with Crippen molar-refractivity contribution in [3.63, 3.8) is 0 Å². The van der Waals surface area contributed by atoms with E-state index in [0.29, 0.717) is 5.92 Å². The molecule has 0 spiro atoms. The summed E-state index contributed by atoms with van der Waals surface area (Å²) in [5, 5.41) is 7.98. The van der Waals surface area contributed by atoms with E-state index in [2.05, 4.69) is 165 Å². The summed E-state index contributed by atoms with van der Waals surface area (Å²) in [5.41, 5.74) is 5.51. The van der Waals surface area contributed by atoms with E-state index in [4.69, 9.17) is 0 Å². The molecule has 44 heavy (non-hydrogen) atoms. The Hall–Kier alpha value is -4.68. The number of fused-ring (bicyclic) bond motifs is 3. The number of hydrogen-bond acceptors (Lipinski definition) is 0. The highest BCUT2D eigenvalue weighted by Crippen LogP contribution is 2.47. The fraction of sp³-hybridized carbons (Fsp3) is 0.159. The topological polar surface area (TPSA) is 0 Å². The Morgan fingerprint density at radius 3 is 1.52 bits per heavy atom. The first-order valence-electron chi connectivity index (χ1n) is 16.1. The normalized spacial score (nSPS) is 12.6. The molecule has 0 fully saturated rings. The zero-order valence-electron chi connectivity index (χ0n) is 25.3. The van der Waals surface area contributed by atoms with Gasteiger partial charge in [-0.1, -0.05) is 177 Å². The van der Waals surface area contributed by atoms with Crippen LogP contribution in [0.1, 0.15) is 60.3 Å². The van der Waals surface area contributed by atoms with E-state index in [1.807, 2.05) is 0 Å². The van der Waals surface area contributed by atoms with E-state index in [9.17, 15) is 0 Å². The predicted molar refractivity (Wildman–Crippen MR) is 189 cm³/mol. The van der Waals surface area contributed by atoms with Crippen LogP contribution in [0.4, 0.5) is 0 Å². The molecule has 0 saturated carbocycles. The van der Waals surface area contributed by atoms with E-state index in [1.54, 1.807) is 0 Å². The molecule has 0 aliphatic heterocycles. The third kappa shape index (κ3) is 5.20. The fourth-order valence-electron chi connectivity index (χ4n) is 7.75. The number of rotatable bonds is 10. The van der Waals surface area contributed by atoms with Crippen LogP contribution >= 0.6 is 0 Å². The molecule has 0 N–H and O–H groups in total. The summed E-state index contributed by atoms with van der Waals surface area (Å²) in [6, 6.07) is 58.4. The molecule has 0 aromatic heterocycles. The van der Waals surface area contributed by atoms with Gasteiger partial charge in [0.05, 0.1) is 0 Å². The standard InChI is InChI=1S/C44H39/c1-2-31-44(42-29-13-22-35-19-7-10-25-39(35)42,43-30-14-23-36-20-8-11-26-40(36)43)32-15-28-38(33-16-4-3-5-17-33)41-27-12-21-34-18-6-9-24-37(34)41/h3-14,16-27,29-30,38H,1-2,15,28,31-32H2. The maximum atomic E-state index is 4.45. The Labute approximate surface area is 262 Å². The summed E-state index contributed by atoms with van der Waals surface area (Å²) >= 11 is 0. The molecule has 0 bridgehead atoms. The number of benzene rings is 7. The van der Waals surface area contributed by atoms with Crippen molar-refractivity contribution in [1.29, 1.82) is 0 Å². The van der Waals surface area contributed by atoms with Crippen LogP contribution in [0.25, 0.3) is 32.3 Å². The number of hydrogen-bond donors (Lipinski definition) is 0. The molecule has 0 heteroatoms. The highest BCUT2D eigenvalue weighted by Gasteiger charge is 2.36. The molecule has 0 heterocycles. The minimum atomic E-state index is -0.163. The lowest BCUT2D eigenvalue weighted by Crippen LogP contribution is -2.29. The van der Waals surface area contributed by atoms with Gasteiger partial charge in [-0.05, 0) is 73.8 Å². The first kappa shape index (κ1) is 28.1. The third-order valence-corrected chi connectivity index (χ3v) is 9.71. The SMILES string of the molecule is [CH2]CCC(CCCC(c1ccccc1)c1cccc2ccccc12)(c1cccc2ccccc12)c1cccc2ccccc12. The lowest BCUT2D eigenvalue weighted by Gasteiger charge is -2.38. The minimum absolute atomic E-state index is 0.163. The van der Waals surface area contributed by atoms with Crippen LogP contribution in [0.15, 0.2) is 158 Å². The van der Waals surface area contributed by atoms with Gasteiger partial charge in [0.1, 0.15) is 0 Å². The molecular weight excluding hydrogens is 528 g/mol. The van der Waals surface area contributed by atoms with Gasteiger partial charge in [0.2, 0.25) is 0 Å². The second-order valence-corrected chi connectivity index (χ2v) is 12.2. The Morgan fingerprint density at radius 2 is 0.932 bits per heavy atom. The van der Waals surface area contributed by atoms with Gasteiger partial charge in [0, 0.05) is 11.3 Å². The van der Waals surface area contributed by atoms with Gasteiger partial charge in [-0.15, -0.1) is 0 Å². The molecule has 215 valence electrons. The zero-order chi connectivity index (χ0) is 29.8. The Morgan fingerprint density at radius 1 is 0.455 bits per heavy atom. The fourth-order valence-corrected chi connectivity index (χ4v) is 7.75. The summed E-state index contributed by atoms with van der Waals surface area (Å²) in [6.45, 7) is 4.45. The van der Waals surface area contributed by atoms with Crippen molar-refractivity contribution < 1.29 is 0 Å². The molecule has 0 amide bonds. The van der Waals surface area contributed by atoms with Gasteiger partial charge in [0.25, 0.3) is 0 Å². The van der Waals surface area contributed by atoms with Crippen molar-refractivity contribution in [3.05, 3.63) is 187 Å². The molecule has 7 aromatic rings. The molecule has 1 unspecified atom stereocenters. The molecule has 0 aliphatic carbocycles. The molecule has 1 radical (unpaired) electrons. The highest BCUT2D eigenvalue weighted by molar-refractivity contribution is 5.91. The second-order valence-electron chi connectivity index (χ2n) is 12.2. The third-order valence-electron chi connectivity index (χ3n) is 9.71. The van der Waals surface area contributed by atoms with E-state index >= 15 is 0 Å². The summed E-state index contributed by atoms with van der Waals surface area (Å²) in [4.78, 5) is 0. The van der Waals surface area contributed by atoms with Crippen molar-refractivity contribution >= 4 is 32.3 Å². The van der Waals surface area contributed by atoms with E-state index in [-0.39, 0.29) is 5.41 Å². The molecule has 7 rings (SSSR count). The molecule has 0 aliphatic rings. The van der Waals surface area contributed by atoms with Crippen LogP contribution < -0.4 is 0 Å². The Bertz CT molecular complexity index is 1920. The minimum Gasteiger partial charge on any atom is -0.0622 e. The van der Waals surface area contributed by atoms with Gasteiger partial charge in [-0.2, -0.15) is 0 Å². The van der Waals surface area contributed by atoms with Crippen LogP contribution in [0, 0.1) is 6.92 Å². The van der Waals surface area contributed by atoms with Crippen LogP contribution in [0.2, 0.25) is 0 Å². The van der Waals surface area contributed by atoms with Gasteiger partial charge >= 0.3 is 0 Å². The molecular formula is C44H39. The van der Waals surface area contributed by atoms with Gasteiger partial charge < -0.3 is 0 Å². The van der Waals surface area contributed by atoms with Crippen molar-refractivity contribution in [2.75, 3.05) is 0 Å². The first-order valence-corrected chi connectivity index (χ1v) is 16.1. The summed E-state index contributed by atoms with van der Waals surface area (Å²) in [5.74, 6) is 0.319. The Kier molecular flexibility index (Phi) is 7.99. The Balaban J connectivity index is 1.36.